The summed E-state index contributed by atoms with van der Waals surface area (Å²) in [6.07, 6.45) is 0. The van der Waals surface area contributed by atoms with Gasteiger partial charge in [0.25, 0.3) is 0 Å². The SMILES string of the molecule is O=C([O-])CN[P+]([O-])([O-])[O-]. The molecule has 54 valence electrons. The van der Waals surface area contributed by atoms with Crippen LogP contribution in [0, 0.1) is 0 Å². The van der Waals surface area contributed by atoms with Crippen LogP contribution in [0.5, 0.6) is 0 Å². The molecule has 0 aromatic carbocycles. The Morgan fingerprint density at radius 2 is 1.89 bits per heavy atom. The van der Waals surface area contributed by atoms with Crippen LogP contribution in [0.4, 0.5) is 0 Å². The zero-order valence-electron chi connectivity index (χ0n) is 4.20. The van der Waals surface area contributed by atoms with Crippen molar-refractivity contribution in [1.82, 2.24) is 5.09 Å². The molecule has 0 aliphatic rings. The zero-order chi connectivity index (χ0) is 7.49. The molecular formula is C2H3NO5P-3. The molecule has 7 heteroatoms. The summed E-state index contributed by atoms with van der Waals surface area (Å²) < 4.78 is 0. The van der Waals surface area contributed by atoms with E-state index < -0.39 is 20.6 Å². The van der Waals surface area contributed by atoms with Crippen LogP contribution in [-0.2, 0) is 4.79 Å². The second-order valence-corrected chi connectivity index (χ2v) is 2.52. The van der Waals surface area contributed by atoms with E-state index >= 15 is 0 Å². The Morgan fingerprint density at radius 3 is 2.00 bits per heavy atom. The lowest BCUT2D eigenvalue weighted by Crippen LogP contribution is -2.47. The molecule has 0 fully saturated rings. The molecule has 0 aromatic heterocycles. The fraction of sp³-hybridized carbons (Fsp3) is 0.500. The molecule has 0 rings (SSSR count). The van der Waals surface area contributed by atoms with Crippen LogP contribution in [0.2, 0.25) is 0 Å². The number of rotatable bonds is 3. The van der Waals surface area contributed by atoms with E-state index in [0.717, 1.165) is 0 Å². The Labute approximate surface area is 51.4 Å². The van der Waals surface area contributed by atoms with Gasteiger partial charge in [0, 0.05) is 0 Å². The second kappa shape index (κ2) is 3.05. The standard InChI is InChI=1S/C2H6NO5P/c4-2(5)1-3-9(6,7)8/h1H2,(H,4,5)(H3,3,6,7,8)/p-3. The monoisotopic (exact) mass is 152 g/mol. The van der Waals surface area contributed by atoms with E-state index in [0.29, 0.717) is 0 Å². The molecule has 0 spiro atoms. The fourth-order valence-electron chi connectivity index (χ4n) is 0.161. The first-order valence-electron chi connectivity index (χ1n) is 1.89. The molecule has 0 unspecified atom stereocenters. The molecule has 1 N–H and O–H groups in total. The van der Waals surface area contributed by atoms with Crippen molar-refractivity contribution in [2.75, 3.05) is 6.54 Å². The first-order chi connectivity index (χ1) is 3.92. The summed E-state index contributed by atoms with van der Waals surface area (Å²) in [5, 5.41) is 10.7. The van der Waals surface area contributed by atoms with Crippen molar-refractivity contribution >= 4 is 14.1 Å². The first-order valence-corrected chi connectivity index (χ1v) is 3.43. The summed E-state index contributed by atoms with van der Waals surface area (Å²) in [7, 11) is -4.89. The molecule has 0 bridgehead atoms. The minimum atomic E-state index is -4.89. The Bertz CT molecular complexity index is 108. The quantitative estimate of drug-likeness (QED) is 0.404. The van der Waals surface area contributed by atoms with Crippen LogP contribution in [-0.4, -0.2) is 12.5 Å². The smallest absolute Gasteiger partial charge is 0.0689 e. The Hall–Kier alpha value is -0.260. The molecule has 0 atom stereocenters. The van der Waals surface area contributed by atoms with Gasteiger partial charge in [-0.05, 0) is 0 Å². The Kier molecular flexibility index (Phi) is 2.96. The Morgan fingerprint density at radius 1 is 1.44 bits per heavy atom. The molecule has 9 heavy (non-hydrogen) atoms. The summed E-state index contributed by atoms with van der Waals surface area (Å²) >= 11 is 0. The van der Waals surface area contributed by atoms with Gasteiger partial charge in [-0.15, -0.1) is 0 Å². The van der Waals surface area contributed by atoms with Gasteiger partial charge in [-0.2, -0.15) is 0 Å². The van der Waals surface area contributed by atoms with Crippen LogP contribution in [0.1, 0.15) is 0 Å². The Balaban J connectivity index is 3.39. The normalized spacial score (nSPS) is 11.4. The van der Waals surface area contributed by atoms with Crippen molar-refractivity contribution in [3.05, 3.63) is 0 Å². The molecule has 0 saturated carbocycles. The van der Waals surface area contributed by atoms with Crippen LogP contribution in [0.25, 0.3) is 0 Å². The van der Waals surface area contributed by atoms with E-state index in [1.165, 1.54) is 5.09 Å². The molecule has 0 radical (unpaired) electrons. The molecule has 0 aromatic rings. The summed E-state index contributed by atoms with van der Waals surface area (Å²) in [5.41, 5.74) is 0. The fourth-order valence-corrected chi connectivity index (χ4v) is 0.484. The largest absolute Gasteiger partial charge is 0.673 e. The average Bonchev–Trinajstić information content (AvgIpc) is 1.59. The number of carbonyl (C=O) groups excluding carboxylic acids is 1. The molecular weight excluding hydrogens is 149 g/mol. The maximum Gasteiger partial charge on any atom is 0.0689 e. The van der Waals surface area contributed by atoms with Crippen molar-refractivity contribution in [1.29, 1.82) is 0 Å². The lowest BCUT2D eigenvalue weighted by Gasteiger charge is -2.41. The first kappa shape index (κ1) is 8.74. The minimum Gasteiger partial charge on any atom is -0.673 e. The molecule has 0 aliphatic heterocycles. The van der Waals surface area contributed by atoms with Gasteiger partial charge >= 0.3 is 0 Å². The number of aliphatic carboxylic acids is 1. The molecule has 0 saturated heterocycles. The average molecular weight is 152 g/mol. The maximum absolute atomic E-state index is 9.61. The summed E-state index contributed by atoms with van der Waals surface area (Å²) in [4.78, 5) is 38.3. The highest BCUT2D eigenvalue weighted by Crippen LogP contribution is 2.18. The zero-order valence-corrected chi connectivity index (χ0v) is 5.09. The van der Waals surface area contributed by atoms with Gasteiger partial charge in [0.2, 0.25) is 0 Å². The van der Waals surface area contributed by atoms with Crippen molar-refractivity contribution in [3.63, 3.8) is 0 Å². The summed E-state index contributed by atoms with van der Waals surface area (Å²) in [6.45, 7) is -0.968. The van der Waals surface area contributed by atoms with Gasteiger partial charge in [-0.25, -0.2) is 5.09 Å². The van der Waals surface area contributed by atoms with Crippen molar-refractivity contribution in [2.45, 2.75) is 0 Å². The molecule has 0 heterocycles. The highest BCUT2D eigenvalue weighted by atomic mass is 31.2. The van der Waals surface area contributed by atoms with E-state index in [1.807, 2.05) is 0 Å². The van der Waals surface area contributed by atoms with Gasteiger partial charge < -0.3 is 24.6 Å². The van der Waals surface area contributed by atoms with E-state index in [-0.39, 0.29) is 0 Å². The third-order valence-electron chi connectivity index (χ3n) is 0.417. The van der Waals surface area contributed by atoms with Crippen LogP contribution >= 0.6 is 8.09 Å². The number of carbonyl (C=O) groups is 1. The van der Waals surface area contributed by atoms with E-state index in [2.05, 4.69) is 0 Å². The number of nitrogens with one attached hydrogen (secondary N) is 1. The third-order valence-corrected chi connectivity index (χ3v) is 0.962. The lowest BCUT2D eigenvalue weighted by molar-refractivity contribution is -0.432. The summed E-state index contributed by atoms with van der Waals surface area (Å²) in [6, 6.07) is 0. The summed E-state index contributed by atoms with van der Waals surface area (Å²) in [5.74, 6) is -1.64. The van der Waals surface area contributed by atoms with Crippen LogP contribution in [0.15, 0.2) is 0 Å². The second-order valence-electron chi connectivity index (χ2n) is 1.20. The van der Waals surface area contributed by atoms with Crippen LogP contribution in [0.3, 0.4) is 0 Å². The molecule has 0 amide bonds. The van der Waals surface area contributed by atoms with Gasteiger partial charge in [-0.3, -0.25) is 0 Å². The van der Waals surface area contributed by atoms with E-state index in [9.17, 15) is 24.6 Å². The predicted octanol–water partition coefficient (Wildman–Crippen LogP) is -4.92. The minimum absolute atomic E-state index is 0.968. The van der Waals surface area contributed by atoms with Crippen molar-refractivity contribution in [2.24, 2.45) is 0 Å². The predicted molar refractivity (Wildman–Crippen MR) is 19.9 cm³/mol. The highest BCUT2D eigenvalue weighted by molar-refractivity contribution is 7.52. The van der Waals surface area contributed by atoms with Gasteiger partial charge in [0.05, 0.1) is 12.5 Å². The molecule has 0 aliphatic carbocycles. The van der Waals surface area contributed by atoms with Crippen molar-refractivity contribution in [3.8, 4) is 0 Å². The van der Waals surface area contributed by atoms with Crippen molar-refractivity contribution < 1.29 is 24.6 Å². The third kappa shape index (κ3) is 7.74. The van der Waals surface area contributed by atoms with E-state index in [1.54, 1.807) is 0 Å². The number of carboxylic acids is 1. The highest BCUT2D eigenvalue weighted by Gasteiger charge is 1.93. The van der Waals surface area contributed by atoms with Gasteiger partial charge in [0.1, 0.15) is 0 Å². The van der Waals surface area contributed by atoms with Gasteiger partial charge in [-0.1, -0.05) is 8.09 Å². The number of carboxylic acid groups (broad SMARTS) is 1. The van der Waals surface area contributed by atoms with Gasteiger partial charge in [0.15, 0.2) is 0 Å². The van der Waals surface area contributed by atoms with E-state index in [4.69, 9.17) is 0 Å². The van der Waals surface area contributed by atoms with Crippen LogP contribution < -0.4 is 24.9 Å². The maximum atomic E-state index is 9.61. The number of hydrogen-bond donors (Lipinski definition) is 1. The topological polar surface area (TPSA) is 121 Å². The molecule has 6 nitrogen and oxygen atoms in total. The number of hydrogen-bond acceptors (Lipinski definition) is 6. The lowest BCUT2D eigenvalue weighted by atomic mass is 10.7.